The van der Waals surface area contributed by atoms with Crippen molar-refractivity contribution in [3.63, 3.8) is 0 Å². The number of anilines is 1. The van der Waals surface area contributed by atoms with Gasteiger partial charge < -0.3 is 19.1 Å². The van der Waals surface area contributed by atoms with Gasteiger partial charge in [-0.3, -0.25) is 4.79 Å². The van der Waals surface area contributed by atoms with Crippen molar-refractivity contribution in [2.75, 3.05) is 37.7 Å². The molecular weight excluding hydrogens is 484 g/mol. The van der Waals surface area contributed by atoms with Crippen LogP contribution >= 0.6 is 0 Å². The van der Waals surface area contributed by atoms with Crippen LogP contribution in [0.2, 0.25) is 0 Å². The van der Waals surface area contributed by atoms with E-state index in [0.29, 0.717) is 43.8 Å². The van der Waals surface area contributed by atoms with Crippen LogP contribution in [0.1, 0.15) is 69.7 Å². The minimum Gasteiger partial charge on any atom is -0.493 e. The number of benzene rings is 1. The average Bonchev–Trinajstić information content (AvgIpc) is 3.63. The van der Waals surface area contributed by atoms with Gasteiger partial charge in [-0.25, -0.2) is 0 Å². The van der Waals surface area contributed by atoms with E-state index in [4.69, 9.17) is 9.26 Å². The third-order valence-corrected chi connectivity index (χ3v) is 7.84. The highest BCUT2D eigenvalue weighted by Gasteiger charge is 2.30. The van der Waals surface area contributed by atoms with E-state index in [9.17, 15) is 9.70 Å². The number of piperidine rings is 1. The summed E-state index contributed by atoms with van der Waals surface area (Å²) in [5.41, 5.74) is 3.16. The first kappa shape index (κ1) is 26.1. The molecule has 2 saturated heterocycles. The summed E-state index contributed by atoms with van der Waals surface area (Å²) in [6, 6.07) is 8.94. The summed E-state index contributed by atoms with van der Waals surface area (Å²) in [6.07, 6.45) is 7.34. The van der Waals surface area contributed by atoms with Gasteiger partial charge >= 0.3 is 6.01 Å². The maximum Gasteiger partial charge on any atom is 0.324 e. The number of amides is 1. The Morgan fingerprint density at radius 3 is 2.58 bits per heavy atom. The first-order valence-electron chi connectivity index (χ1n) is 13.7. The Kier molecular flexibility index (Phi) is 8.14. The summed E-state index contributed by atoms with van der Waals surface area (Å²) in [5, 5.41) is 10.3. The monoisotopic (exact) mass is 520 g/mol. The number of carbonyl (C=O) groups excluding carboxylic acids is 1. The van der Waals surface area contributed by atoms with Gasteiger partial charge in [0, 0.05) is 37.9 Å². The quantitative estimate of drug-likeness (QED) is 0.354. The fourth-order valence-electron chi connectivity index (χ4n) is 5.41. The average molecular weight is 521 g/mol. The van der Waals surface area contributed by atoms with Crippen LogP contribution in [0.3, 0.4) is 0 Å². The number of rotatable bonds is 8. The second-order valence-corrected chi connectivity index (χ2v) is 10.8. The zero-order chi connectivity index (χ0) is 26.5. The molecule has 1 unspecified atom stereocenters. The number of hydrogen-bond acceptors (Lipinski definition) is 8. The number of aromatic nitrogens is 2. The number of ether oxygens (including phenoxy) is 1. The van der Waals surface area contributed by atoms with E-state index < -0.39 is 0 Å². The van der Waals surface area contributed by atoms with Crippen LogP contribution < -0.4 is 9.64 Å². The summed E-state index contributed by atoms with van der Waals surface area (Å²) in [4.78, 5) is 31.7. The molecule has 1 atom stereocenters. The van der Waals surface area contributed by atoms with Crippen molar-refractivity contribution in [2.24, 2.45) is 22.2 Å². The zero-order valence-electron chi connectivity index (χ0n) is 22.2. The fraction of sp³-hybridized carbons (Fsp3) is 0.571. The molecule has 0 N–H and O–H groups in total. The first-order valence-corrected chi connectivity index (χ1v) is 13.7. The summed E-state index contributed by atoms with van der Waals surface area (Å²) in [5.74, 6) is 2.56. The minimum atomic E-state index is -0.00611. The van der Waals surface area contributed by atoms with Crippen LogP contribution in [-0.4, -0.2) is 59.4 Å². The lowest BCUT2D eigenvalue weighted by atomic mass is 9.86. The second-order valence-electron chi connectivity index (χ2n) is 10.8. The van der Waals surface area contributed by atoms with Crippen molar-refractivity contribution in [1.29, 1.82) is 0 Å². The van der Waals surface area contributed by atoms with Crippen molar-refractivity contribution in [1.82, 2.24) is 15.0 Å². The number of carbonyl (C=O) groups is 1. The number of nitroso groups, excluding NO2 is 1. The third kappa shape index (κ3) is 6.11. The maximum atomic E-state index is 12.9. The molecule has 5 rings (SSSR count). The summed E-state index contributed by atoms with van der Waals surface area (Å²) in [6.45, 7) is 7.67. The zero-order valence-corrected chi connectivity index (χ0v) is 22.2. The van der Waals surface area contributed by atoms with E-state index in [1.54, 1.807) is 4.90 Å². The van der Waals surface area contributed by atoms with E-state index in [-0.39, 0.29) is 17.7 Å². The fourth-order valence-corrected chi connectivity index (χ4v) is 5.41. The number of nitrogens with zero attached hydrogens (tertiary/aromatic N) is 6. The summed E-state index contributed by atoms with van der Waals surface area (Å²) >= 11 is 0. The summed E-state index contributed by atoms with van der Waals surface area (Å²) < 4.78 is 11.6. The molecule has 10 nitrogen and oxygen atoms in total. The number of allylic oxidation sites excluding steroid dienone is 2. The van der Waals surface area contributed by atoms with Crippen molar-refractivity contribution in [3.8, 4) is 5.75 Å². The molecule has 1 aliphatic carbocycles. The molecule has 1 aromatic heterocycles. The predicted molar refractivity (Wildman–Crippen MR) is 145 cm³/mol. The minimum absolute atomic E-state index is 0.00611. The van der Waals surface area contributed by atoms with Gasteiger partial charge in [0.05, 0.1) is 24.1 Å². The van der Waals surface area contributed by atoms with Gasteiger partial charge in [0.1, 0.15) is 5.75 Å². The molecular formula is C28H36N6O4. The Labute approximate surface area is 223 Å². The number of hydrogen-bond donors (Lipinski definition) is 0. The molecule has 202 valence electrons. The molecule has 0 radical (unpaired) electrons. The Morgan fingerprint density at radius 2 is 1.92 bits per heavy atom. The molecule has 3 aliphatic rings. The standard InChI is InChI=1S/C28H36N6O4/c1-19(2)26-29-28(38-31-26)33-14-11-20(12-15-33)18-37-25-9-7-22(8-10-25)21-3-5-23(6-4-21)27(35)34-16-13-24(17-34)30-32-36/h3,7-10,19-20,23H,4-6,11-18H2,1-2H3. The molecule has 3 heterocycles. The van der Waals surface area contributed by atoms with Gasteiger partial charge in [0.2, 0.25) is 5.91 Å². The smallest absolute Gasteiger partial charge is 0.324 e. The molecule has 2 fully saturated rings. The van der Waals surface area contributed by atoms with Crippen LogP contribution in [0.25, 0.3) is 5.57 Å². The van der Waals surface area contributed by atoms with Gasteiger partial charge in [-0.05, 0) is 61.3 Å². The number of likely N-dealkylation sites (tertiary alicyclic amines) is 1. The Balaban J connectivity index is 1.06. The normalized spacial score (nSPS) is 21.7. The lowest BCUT2D eigenvalue weighted by Crippen LogP contribution is -2.35. The van der Waals surface area contributed by atoms with E-state index in [1.807, 2.05) is 12.1 Å². The first-order chi connectivity index (χ1) is 18.5. The molecule has 0 bridgehead atoms. The molecule has 2 aliphatic heterocycles. The van der Waals surface area contributed by atoms with E-state index >= 15 is 0 Å². The van der Waals surface area contributed by atoms with Crippen molar-refractivity contribution >= 4 is 23.2 Å². The Morgan fingerprint density at radius 1 is 1.13 bits per heavy atom. The topological polar surface area (TPSA) is 113 Å². The van der Waals surface area contributed by atoms with Crippen LogP contribution in [0, 0.1) is 16.7 Å². The molecule has 38 heavy (non-hydrogen) atoms. The van der Waals surface area contributed by atoms with Crippen molar-refractivity contribution in [2.45, 2.75) is 58.3 Å². The van der Waals surface area contributed by atoms with Gasteiger partial charge in [-0.1, -0.05) is 37.2 Å². The Bertz CT molecular complexity index is 1180. The van der Waals surface area contributed by atoms with Gasteiger partial charge in [0.15, 0.2) is 5.82 Å². The molecule has 1 amide bonds. The van der Waals surface area contributed by atoms with Gasteiger partial charge in [-0.2, -0.15) is 4.98 Å². The van der Waals surface area contributed by atoms with Crippen molar-refractivity contribution in [3.05, 3.63) is 46.6 Å². The van der Waals surface area contributed by atoms with Gasteiger partial charge in [0.25, 0.3) is 0 Å². The molecule has 10 heteroatoms. The van der Waals surface area contributed by atoms with E-state index in [0.717, 1.165) is 56.8 Å². The highest BCUT2D eigenvalue weighted by Crippen LogP contribution is 2.33. The van der Waals surface area contributed by atoms with Crippen LogP contribution in [-0.2, 0) is 4.79 Å². The Hall–Kier alpha value is -3.56. The van der Waals surface area contributed by atoms with Gasteiger partial charge in [-0.15, -0.1) is 10.0 Å². The largest absolute Gasteiger partial charge is 0.493 e. The highest BCUT2D eigenvalue weighted by molar-refractivity contribution is 5.93. The van der Waals surface area contributed by atoms with Crippen LogP contribution in [0.15, 0.2) is 45.3 Å². The molecule has 0 spiro atoms. The molecule has 2 aromatic rings. The van der Waals surface area contributed by atoms with E-state index in [2.05, 4.69) is 57.5 Å². The van der Waals surface area contributed by atoms with Crippen molar-refractivity contribution < 1.29 is 14.1 Å². The molecule has 0 saturated carbocycles. The summed E-state index contributed by atoms with van der Waals surface area (Å²) in [7, 11) is 0. The molecule has 1 aromatic carbocycles. The highest BCUT2D eigenvalue weighted by atomic mass is 16.5. The SMILES string of the molecule is CC(C)c1noc(N2CCC(COc3ccc(C4=CCC(C(=O)N5CCC(=NN=O)C5)CC4)cc3)CC2)n1. The maximum absolute atomic E-state index is 12.9. The third-order valence-electron chi connectivity index (χ3n) is 7.84. The van der Waals surface area contributed by atoms with Crippen LogP contribution in [0.4, 0.5) is 6.01 Å². The second kappa shape index (κ2) is 11.9. The lowest BCUT2D eigenvalue weighted by Gasteiger charge is -2.30. The van der Waals surface area contributed by atoms with Crippen LogP contribution in [0.5, 0.6) is 5.75 Å². The predicted octanol–water partition coefficient (Wildman–Crippen LogP) is 5.03. The lowest BCUT2D eigenvalue weighted by molar-refractivity contribution is -0.134. The van der Waals surface area contributed by atoms with E-state index in [1.165, 1.54) is 11.1 Å².